The van der Waals surface area contributed by atoms with Crippen LogP contribution in [-0.4, -0.2) is 0 Å². The predicted molar refractivity (Wildman–Crippen MR) is 101 cm³/mol. The average Bonchev–Trinajstić information content (AvgIpc) is 2.66. The maximum absolute atomic E-state index is 13.5. The topological polar surface area (TPSA) is 0 Å². The first kappa shape index (κ1) is 19.8. The molecular weight excluding hydrogens is 333 g/mol. The minimum Gasteiger partial charge on any atom is -0.204 e. The fourth-order valence-corrected chi connectivity index (χ4v) is 5.28. The molecule has 3 rings (SSSR count). The fraction of sp³-hybridized carbons (Fsp3) is 0.739. The molecular formula is C23H33F3. The molecule has 2 aliphatic rings. The zero-order valence-corrected chi connectivity index (χ0v) is 16.1. The van der Waals surface area contributed by atoms with Crippen molar-refractivity contribution in [1.82, 2.24) is 0 Å². The molecule has 0 atom stereocenters. The van der Waals surface area contributed by atoms with Crippen molar-refractivity contribution in [1.29, 1.82) is 0 Å². The zero-order valence-electron chi connectivity index (χ0n) is 16.1. The Balaban J connectivity index is 1.40. The molecule has 2 fully saturated rings. The quantitative estimate of drug-likeness (QED) is 0.451. The van der Waals surface area contributed by atoms with Gasteiger partial charge in [-0.2, -0.15) is 0 Å². The van der Waals surface area contributed by atoms with Crippen LogP contribution in [0.25, 0.3) is 0 Å². The van der Waals surface area contributed by atoms with E-state index in [4.69, 9.17) is 0 Å². The van der Waals surface area contributed by atoms with Gasteiger partial charge in [0, 0.05) is 0 Å². The highest BCUT2D eigenvalue weighted by Gasteiger charge is 2.26. The van der Waals surface area contributed by atoms with Gasteiger partial charge in [-0.1, -0.05) is 58.3 Å². The third-order valence-corrected chi connectivity index (χ3v) is 6.97. The molecule has 0 N–H and O–H groups in total. The second-order valence-electron chi connectivity index (χ2n) is 8.77. The van der Waals surface area contributed by atoms with Crippen molar-refractivity contribution in [3.05, 3.63) is 35.1 Å². The van der Waals surface area contributed by atoms with Crippen LogP contribution >= 0.6 is 0 Å². The standard InChI is InChI=1S/C23H33F3/c1-2-3-16-4-6-17(7-5-16)8-9-18-10-12-19(13-11-18)20-14-21(24)23(26)22(25)15-20/h14-19H,2-13H2,1H3. The zero-order chi connectivity index (χ0) is 18.5. The molecule has 0 heterocycles. The summed E-state index contributed by atoms with van der Waals surface area (Å²) in [6.45, 7) is 2.29. The van der Waals surface area contributed by atoms with Crippen LogP contribution in [0.1, 0.15) is 95.5 Å². The fourth-order valence-electron chi connectivity index (χ4n) is 5.28. The van der Waals surface area contributed by atoms with Gasteiger partial charge >= 0.3 is 0 Å². The van der Waals surface area contributed by atoms with Gasteiger partial charge in [0.25, 0.3) is 0 Å². The first-order valence-electron chi connectivity index (χ1n) is 10.7. The van der Waals surface area contributed by atoms with Gasteiger partial charge < -0.3 is 0 Å². The number of rotatable bonds is 6. The second-order valence-corrected chi connectivity index (χ2v) is 8.77. The van der Waals surface area contributed by atoms with Gasteiger partial charge in [0.05, 0.1) is 0 Å². The highest BCUT2D eigenvalue weighted by molar-refractivity contribution is 5.23. The summed E-state index contributed by atoms with van der Waals surface area (Å²) in [4.78, 5) is 0. The van der Waals surface area contributed by atoms with Crippen molar-refractivity contribution in [3.63, 3.8) is 0 Å². The van der Waals surface area contributed by atoms with Gasteiger partial charge in [-0.25, -0.2) is 13.2 Å². The molecule has 146 valence electrons. The molecule has 0 aliphatic heterocycles. The largest absolute Gasteiger partial charge is 0.204 e. The van der Waals surface area contributed by atoms with Gasteiger partial charge in [0.1, 0.15) is 0 Å². The van der Waals surface area contributed by atoms with Crippen LogP contribution in [0.3, 0.4) is 0 Å². The van der Waals surface area contributed by atoms with Crippen LogP contribution in [-0.2, 0) is 0 Å². The molecule has 0 unspecified atom stereocenters. The lowest BCUT2D eigenvalue weighted by atomic mass is 9.74. The van der Waals surface area contributed by atoms with Crippen LogP contribution in [0.4, 0.5) is 13.2 Å². The SMILES string of the molecule is CCCC1CCC(CCC2CCC(c3cc(F)c(F)c(F)c3)CC2)CC1. The Morgan fingerprint density at radius 2 is 1.12 bits per heavy atom. The summed E-state index contributed by atoms with van der Waals surface area (Å²) < 4.78 is 40.1. The van der Waals surface area contributed by atoms with Crippen molar-refractivity contribution in [2.75, 3.05) is 0 Å². The number of hydrogen-bond acceptors (Lipinski definition) is 0. The van der Waals surface area contributed by atoms with E-state index in [1.165, 1.54) is 63.5 Å². The Kier molecular flexibility index (Phi) is 7.05. The summed E-state index contributed by atoms with van der Waals surface area (Å²) in [6.07, 6.45) is 15.3. The Morgan fingerprint density at radius 3 is 1.58 bits per heavy atom. The van der Waals surface area contributed by atoms with E-state index in [1.54, 1.807) is 0 Å². The van der Waals surface area contributed by atoms with E-state index in [0.717, 1.165) is 43.4 Å². The van der Waals surface area contributed by atoms with Crippen LogP contribution in [0.2, 0.25) is 0 Å². The minimum atomic E-state index is -1.35. The monoisotopic (exact) mass is 366 g/mol. The molecule has 0 radical (unpaired) electrons. The van der Waals surface area contributed by atoms with E-state index in [2.05, 4.69) is 6.92 Å². The molecule has 0 nitrogen and oxygen atoms in total. The molecule has 1 aromatic rings. The van der Waals surface area contributed by atoms with E-state index in [0.29, 0.717) is 5.56 Å². The number of benzene rings is 1. The maximum atomic E-state index is 13.5. The summed E-state index contributed by atoms with van der Waals surface area (Å²) >= 11 is 0. The summed E-state index contributed by atoms with van der Waals surface area (Å²) in [7, 11) is 0. The summed E-state index contributed by atoms with van der Waals surface area (Å²) in [5.41, 5.74) is 0.633. The third kappa shape index (κ3) is 5.04. The molecule has 2 saturated carbocycles. The number of hydrogen-bond donors (Lipinski definition) is 0. The molecule has 26 heavy (non-hydrogen) atoms. The Bertz CT molecular complexity index is 544. The van der Waals surface area contributed by atoms with Crippen LogP contribution in [0.5, 0.6) is 0 Å². The van der Waals surface area contributed by atoms with Crippen LogP contribution in [0, 0.1) is 35.2 Å². The lowest BCUT2D eigenvalue weighted by molar-refractivity contribution is 0.224. The van der Waals surface area contributed by atoms with Crippen LogP contribution in [0.15, 0.2) is 12.1 Å². The van der Waals surface area contributed by atoms with E-state index < -0.39 is 17.5 Å². The van der Waals surface area contributed by atoms with Gasteiger partial charge in [-0.3, -0.25) is 0 Å². The van der Waals surface area contributed by atoms with Gasteiger partial charge in [0.15, 0.2) is 17.5 Å². The van der Waals surface area contributed by atoms with Crippen molar-refractivity contribution in [3.8, 4) is 0 Å². The summed E-state index contributed by atoms with van der Waals surface area (Å²) in [5, 5.41) is 0. The van der Waals surface area contributed by atoms with Crippen LogP contribution < -0.4 is 0 Å². The predicted octanol–water partition coefficient (Wildman–Crippen LogP) is 7.76. The van der Waals surface area contributed by atoms with Gasteiger partial charge in [0.2, 0.25) is 0 Å². The lowest BCUT2D eigenvalue weighted by Crippen LogP contribution is -2.18. The van der Waals surface area contributed by atoms with E-state index in [-0.39, 0.29) is 5.92 Å². The number of halogens is 3. The average molecular weight is 367 g/mol. The molecule has 3 heteroatoms. The van der Waals surface area contributed by atoms with Crippen molar-refractivity contribution >= 4 is 0 Å². The normalized spacial score (nSPS) is 29.7. The van der Waals surface area contributed by atoms with E-state index in [9.17, 15) is 13.2 Å². The van der Waals surface area contributed by atoms with Crippen molar-refractivity contribution in [2.24, 2.45) is 17.8 Å². The smallest absolute Gasteiger partial charge is 0.194 e. The first-order chi connectivity index (χ1) is 12.6. The summed E-state index contributed by atoms with van der Waals surface area (Å²) in [6, 6.07) is 2.39. The molecule has 0 saturated heterocycles. The van der Waals surface area contributed by atoms with Crippen molar-refractivity contribution in [2.45, 2.75) is 89.9 Å². The molecule has 0 amide bonds. The van der Waals surface area contributed by atoms with E-state index >= 15 is 0 Å². The Morgan fingerprint density at radius 1 is 0.692 bits per heavy atom. The molecule has 2 aliphatic carbocycles. The van der Waals surface area contributed by atoms with Crippen molar-refractivity contribution < 1.29 is 13.2 Å². The maximum Gasteiger partial charge on any atom is 0.194 e. The Labute approximate surface area is 156 Å². The lowest BCUT2D eigenvalue weighted by Gasteiger charge is -2.32. The van der Waals surface area contributed by atoms with Gasteiger partial charge in [-0.15, -0.1) is 0 Å². The first-order valence-corrected chi connectivity index (χ1v) is 10.7. The highest BCUT2D eigenvalue weighted by Crippen LogP contribution is 2.40. The molecule has 0 aromatic heterocycles. The third-order valence-electron chi connectivity index (χ3n) is 6.97. The molecule has 0 spiro atoms. The minimum absolute atomic E-state index is 0.181. The second kappa shape index (κ2) is 9.28. The summed E-state index contributed by atoms with van der Waals surface area (Å²) in [5.74, 6) is -0.628. The Hall–Kier alpha value is -0.990. The molecule has 0 bridgehead atoms. The van der Waals surface area contributed by atoms with Gasteiger partial charge in [-0.05, 0) is 67.1 Å². The highest BCUT2D eigenvalue weighted by atomic mass is 19.2. The van der Waals surface area contributed by atoms with E-state index in [1.807, 2.05) is 0 Å². The molecule has 1 aromatic carbocycles.